The molecule has 0 saturated heterocycles. The lowest BCUT2D eigenvalue weighted by molar-refractivity contribution is -0.131. The molecule has 7 heteroatoms. The van der Waals surface area contributed by atoms with Gasteiger partial charge in [-0.3, -0.25) is 14.6 Å². The molecule has 0 radical (unpaired) electrons. The van der Waals surface area contributed by atoms with Crippen LogP contribution in [0.3, 0.4) is 0 Å². The minimum Gasteiger partial charge on any atom is -0.370 e. The number of allylic oxidation sites excluding steroid dienone is 3. The molecule has 0 unspecified atom stereocenters. The molecule has 0 rings (SSSR count). The predicted molar refractivity (Wildman–Crippen MR) is 140 cm³/mol. The average molecular weight is 464 g/mol. The molecule has 0 aliphatic heterocycles. The van der Waals surface area contributed by atoms with Crippen molar-refractivity contribution in [2.75, 3.05) is 26.2 Å². The molecule has 0 aromatic rings. The third-order valence-electron chi connectivity index (χ3n) is 5.21. The lowest BCUT2D eigenvalue weighted by Gasteiger charge is -2.23. The van der Waals surface area contributed by atoms with E-state index in [4.69, 9.17) is 11.5 Å². The van der Waals surface area contributed by atoms with Crippen LogP contribution in [0.5, 0.6) is 0 Å². The highest BCUT2D eigenvalue weighted by Gasteiger charge is 2.12. The molecule has 0 aromatic heterocycles. The van der Waals surface area contributed by atoms with Crippen molar-refractivity contribution in [2.24, 2.45) is 16.5 Å². The first-order chi connectivity index (χ1) is 15.9. The Balaban J connectivity index is 4.34. The maximum Gasteiger partial charge on any atom is 0.243 e. The second-order valence-electron chi connectivity index (χ2n) is 8.83. The molecule has 0 aromatic carbocycles. The molecule has 33 heavy (non-hydrogen) atoms. The fourth-order valence-corrected chi connectivity index (χ4v) is 3.41. The van der Waals surface area contributed by atoms with Gasteiger partial charge in [0.2, 0.25) is 11.8 Å². The van der Waals surface area contributed by atoms with Crippen LogP contribution in [0.4, 0.5) is 0 Å². The van der Waals surface area contributed by atoms with Crippen LogP contribution in [0.1, 0.15) is 97.8 Å². The first-order valence-corrected chi connectivity index (χ1v) is 12.8. The van der Waals surface area contributed by atoms with Gasteiger partial charge in [0.05, 0.1) is 0 Å². The van der Waals surface area contributed by atoms with Gasteiger partial charge in [-0.2, -0.15) is 0 Å². The predicted octanol–water partition coefficient (Wildman–Crippen LogP) is 4.43. The van der Waals surface area contributed by atoms with Crippen molar-refractivity contribution in [1.29, 1.82) is 0 Å². The van der Waals surface area contributed by atoms with E-state index in [-0.39, 0.29) is 17.8 Å². The fraction of sp³-hybridized carbons (Fsp3) is 0.731. The number of nitrogens with one attached hydrogen (secondary N) is 1. The second-order valence-corrected chi connectivity index (χ2v) is 8.83. The Hall–Kier alpha value is -2.31. The molecule has 5 N–H and O–H groups in total. The van der Waals surface area contributed by atoms with Crippen LogP contribution >= 0.6 is 0 Å². The highest BCUT2D eigenvalue weighted by Crippen LogP contribution is 2.08. The van der Waals surface area contributed by atoms with Gasteiger partial charge in [-0.1, -0.05) is 43.9 Å². The van der Waals surface area contributed by atoms with Crippen molar-refractivity contribution in [2.45, 2.75) is 97.8 Å². The number of carbonyl (C=O) groups is 2. The second kappa shape index (κ2) is 21.5. The van der Waals surface area contributed by atoms with Crippen molar-refractivity contribution in [3.05, 3.63) is 23.8 Å². The van der Waals surface area contributed by atoms with Crippen LogP contribution < -0.4 is 16.8 Å². The summed E-state index contributed by atoms with van der Waals surface area (Å²) >= 11 is 0. The van der Waals surface area contributed by atoms with Crippen LogP contribution in [-0.2, 0) is 9.59 Å². The highest BCUT2D eigenvalue weighted by atomic mass is 16.2. The molecule has 0 aliphatic rings. The SMILES string of the molecule is CCCCCC/C=C\CCCC(=O)N(CCCCCN=C(N)N)CCCNC(=O)C=C(C)C. The standard InChI is InChI=1S/C26H49N5O2/c1-4-5-6-7-8-9-10-11-13-17-25(33)31(20-15-12-14-18-30-26(27)28)21-16-19-29-24(32)22-23(2)3/h9-10,22H,4-8,11-21H2,1-3H3,(H,29,32)(H4,27,28,30)/b10-9-. The Kier molecular flexibility index (Phi) is 20.0. The number of amides is 2. The summed E-state index contributed by atoms with van der Waals surface area (Å²) < 4.78 is 0. The molecule has 0 spiro atoms. The molecular weight excluding hydrogens is 414 g/mol. The van der Waals surface area contributed by atoms with Gasteiger partial charge in [0.25, 0.3) is 0 Å². The minimum atomic E-state index is -0.0749. The summed E-state index contributed by atoms with van der Waals surface area (Å²) in [7, 11) is 0. The highest BCUT2D eigenvalue weighted by molar-refractivity contribution is 5.87. The Morgan fingerprint density at radius 2 is 1.55 bits per heavy atom. The van der Waals surface area contributed by atoms with Crippen LogP contribution in [0, 0.1) is 0 Å². The van der Waals surface area contributed by atoms with Gasteiger partial charge in [0, 0.05) is 38.7 Å². The Morgan fingerprint density at radius 1 is 0.879 bits per heavy atom. The molecule has 190 valence electrons. The van der Waals surface area contributed by atoms with Crippen LogP contribution in [0.2, 0.25) is 0 Å². The van der Waals surface area contributed by atoms with Gasteiger partial charge in [-0.25, -0.2) is 0 Å². The van der Waals surface area contributed by atoms with E-state index in [0.717, 1.165) is 57.1 Å². The van der Waals surface area contributed by atoms with Gasteiger partial charge >= 0.3 is 0 Å². The smallest absolute Gasteiger partial charge is 0.243 e. The number of carbonyl (C=O) groups excluding carboxylic acids is 2. The van der Waals surface area contributed by atoms with Crippen molar-refractivity contribution in [3.63, 3.8) is 0 Å². The van der Waals surface area contributed by atoms with E-state index in [1.54, 1.807) is 6.08 Å². The summed E-state index contributed by atoms with van der Waals surface area (Å²) in [6.45, 7) is 8.60. The topological polar surface area (TPSA) is 114 Å². The molecule has 0 fully saturated rings. The molecule has 0 heterocycles. The summed E-state index contributed by atoms with van der Waals surface area (Å²) in [5, 5.41) is 2.89. The monoisotopic (exact) mass is 463 g/mol. The molecule has 0 aliphatic carbocycles. The number of nitrogens with zero attached hydrogens (tertiary/aromatic N) is 2. The summed E-state index contributed by atoms with van der Waals surface area (Å²) in [4.78, 5) is 30.5. The van der Waals surface area contributed by atoms with Gasteiger partial charge in [0.1, 0.15) is 0 Å². The van der Waals surface area contributed by atoms with Crippen LogP contribution in [-0.4, -0.2) is 48.9 Å². The van der Waals surface area contributed by atoms with Crippen molar-refractivity contribution >= 4 is 17.8 Å². The van der Waals surface area contributed by atoms with E-state index >= 15 is 0 Å². The minimum absolute atomic E-state index is 0.0749. The summed E-state index contributed by atoms with van der Waals surface area (Å²) in [6, 6.07) is 0. The third-order valence-corrected chi connectivity index (χ3v) is 5.21. The number of aliphatic imine (C=N–C) groups is 1. The zero-order chi connectivity index (χ0) is 24.7. The van der Waals surface area contributed by atoms with Gasteiger partial charge < -0.3 is 21.7 Å². The van der Waals surface area contributed by atoms with Gasteiger partial charge in [-0.15, -0.1) is 0 Å². The van der Waals surface area contributed by atoms with Crippen molar-refractivity contribution in [3.8, 4) is 0 Å². The zero-order valence-electron chi connectivity index (χ0n) is 21.4. The largest absolute Gasteiger partial charge is 0.370 e. The van der Waals surface area contributed by atoms with E-state index in [1.165, 1.54) is 25.7 Å². The number of nitrogens with two attached hydrogens (primary N) is 2. The number of rotatable bonds is 20. The normalized spacial score (nSPS) is 10.8. The molecule has 0 saturated carbocycles. The summed E-state index contributed by atoms with van der Waals surface area (Å²) in [5.41, 5.74) is 11.7. The maximum absolute atomic E-state index is 12.8. The average Bonchev–Trinajstić information content (AvgIpc) is 2.75. The van der Waals surface area contributed by atoms with E-state index in [1.807, 2.05) is 18.7 Å². The Morgan fingerprint density at radius 3 is 2.21 bits per heavy atom. The first-order valence-electron chi connectivity index (χ1n) is 12.8. The summed E-state index contributed by atoms with van der Waals surface area (Å²) in [6.07, 6.45) is 18.3. The third kappa shape index (κ3) is 21.3. The summed E-state index contributed by atoms with van der Waals surface area (Å²) in [5.74, 6) is 0.247. The Labute approximate surface area is 202 Å². The van der Waals surface area contributed by atoms with Gasteiger partial charge in [0.15, 0.2) is 5.96 Å². The van der Waals surface area contributed by atoms with Gasteiger partial charge in [-0.05, 0) is 65.2 Å². The number of unbranched alkanes of at least 4 members (excludes halogenated alkanes) is 7. The fourth-order valence-electron chi connectivity index (χ4n) is 3.41. The molecule has 0 bridgehead atoms. The van der Waals surface area contributed by atoms with E-state index < -0.39 is 0 Å². The van der Waals surface area contributed by atoms with Crippen molar-refractivity contribution in [1.82, 2.24) is 10.2 Å². The lowest BCUT2D eigenvalue weighted by Crippen LogP contribution is -2.35. The van der Waals surface area contributed by atoms with E-state index in [0.29, 0.717) is 26.1 Å². The van der Waals surface area contributed by atoms with Crippen molar-refractivity contribution < 1.29 is 9.59 Å². The number of hydrogen-bond donors (Lipinski definition) is 3. The zero-order valence-corrected chi connectivity index (χ0v) is 21.4. The number of hydrogen-bond acceptors (Lipinski definition) is 3. The van der Waals surface area contributed by atoms with Crippen LogP contribution in [0.25, 0.3) is 0 Å². The quantitative estimate of drug-likeness (QED) is 0.0814. The number of guanidine groups is 1. The van der Waals surface area contributed by atoms with Crippen LogP contribution in [0.15, 0.2) is 28.8 Å². The maximum atomic E-state index is 12.8. The first kappa shape index (κ1) is 30.7. The Bertz CT molecular complexity index is 606. The molecule has 2 amide bonds. The molecule has 7 nitrogen and oxygen atoms in total. The van der Waals surface area contributed by atoms with E-state index in [9.17, 15) is 9.59 Å². The lowest BCUT2D eigenvalue weighted by atomic mass is 10.1. The molecule has 0 atom stereocenters. The van der Waals surface area contributed by atoms with E-state index in [2.05, 4.69) is 29.4 Å². The molecular formula is C26H49N5O2.